The van der Waals surface area contributed by atoms with Crippen molar-refractivity contribution >= 4 is 5.78 Å². The lowest BCUT2D eigenvalue weighted by Gasteiger charge is -2.09. The van der Waals surface area contributed by atoms with Gasteiger partial charge in [-0.1, -0.05) is 17.7 Å². The number of hydrogen-bond acceptors (Lipinski definition) is 2. The molecule has 0 aliphatic rings. The Kier molecular flexibility index (Phi) is 4.82. The number of Topliss-reactive ketones (excluding diaryl/α,β-unsaturated/α-hetero) is 1. The molecule has 0 aliphatic heterocycles. The van der Waals surface area contributed by atoms with E-state index in [0.29, 0.717) is 6.42 Å². The van der Waals surface area contributed by atoms with Crippen molar-refractivity contribution in [1.82, 2.24) is 0 Å². The Morgan fingerprint density at radius 1 is 1.35 bits per heavy atom. The van der Waals surface area contributed by atoms with E-state index < -0.39 is 6.61 Å². The summed E-state index contributed by atoms with van der Waals surface area (Å²) in [6, 6.07) is 6.01. The third kappa shape index (κ3) is 4.34. The summed E-state index contributed by atoms with van der Waals surface area (Å²) in [6.45, 7) is 2.58. The van der Waals surface area contributed by atoms with Crippen LogP contribution in [0.2, 0.25) is 0 Å². The van der Waals surface area contributed by atoms with Crippen LogP contribution in [0.15, 0.2) is 36.4 Å². The quantitative estimate of drug-likeness (QED) is 0.558. The van der Waals surface area contributed by atoms with Gasteiger partial charge in [0.2, 0.25) is 0 Å². The Bertz CT molecular complexity index is 414. The number of alkyl halides is 2. The van der Waals surface area contributed by atoms with Crippen LogP contribution in [0.4, 0.5) is 8.78 Å². The van der Waals surface area contributed by atoms with E-state index in [1.165, 1.54) is 12.1 Å². The van der Waals surface area contributed by atoms with E-state index in [4.69, 9.17) is 0 Å². The van der Waals surface area contributed by atoms with E-state index in [1.54, 1.807) is 12.1 Å². The molecule has 1 aromatic rings. The number of ketones is 1. The maximum absolute atomic E-state index is 12.1. The van der Waals surface area contributed by atoms with Crippen LogP contribution in [0, 0.1) is 0 Å². The molecule has 2 nitrogen and oxygen atoms in total. The molecule has 0 radical (unpaired) electrons. The highest BCUT2D eigenvalue weighted by Crippen LogP contribution is 2.22. The molecule has 4 heteroatoms. The van der Waals surface area contributed by atoms with Gasteiger partial charge in [-0.25, -0.2) is 0 Å². The summed E-state index contributed by atoms with van der Waals surface area (Å²) in [4.78, 5) is 11.8. The summed E-state index contributed by atoms with van der Waals surface area (Å²) in [5.74, 6) is -0.293. The minimum Gasteiger partial charge on any atom is -0.434 e. The fraction of sp³-hybridized carbons (Fsp3) is 0.308. The molecule has 0 saturated carbocycles. The van der Waals surface area contributed by atoms with Gasteiger partial charge in [0, 0.05) is 6.42 Å². The summed E-state index contributed by atoms with van der Waals surface area (Å²) >= 11 is 0. The van der Waals surface area contributed by atoms with Gasteiger partial charge in [-0.3, -0.25) is 4.79 Å². The third-order valence-corrected chi connectivity index (χ3v) is 2.18. The van der Waals surface area contributed by atoms with Gasteiger partial charge in [-0.05, 0) is 25.5 Å². The van der Waals surface area contributed by atoms with Gasteiger partial charge in [-0.15, -0.1) is 6.58 Å². The molecule has 0 amide bonds. The lowest BCUT2D eigenvalue weighted by Crippen LogP contribution is -2.08. The van der Waals surface area contributed by atoms with Crippen molar-refractivity contribution in [3.05, 3.63) is 42.0 Å². The zero-order valence-electron chi connectivity index (χ0n) is 9.58. The molecule has 0 heterocycles. The summed E-state index contributed by atoms with van der Waals surface area (Å²) in [5.41, 5.74) is 1.07. The van der Waals surface area contributed by atoms with Crippen molar-refractivity contribution in [3.63, 3.8) is 0 Å². The van der Waals surface area contributed by atoms with Gasteiger partial charge >= 0.3 is 6.61 Å². The second-order valence-electron chi connectivity index (χ2n) is 3.75. The number of benzene rings is 1. The molecule has 0 unspecified atom stereocenters. The predicted molar refractivity (Wildman–Crippen MR) is 61.5 cm³/mol. The van der Waals surface area contributed by atoms with E-state index >= 15 is 0 Å². The van der Waals surface area contributed by atoms with Crippen LogP contribution in [-0.2, 0) is 0 Å². The average molecular weight is 240 g/mol. The molecular weight excluding hydrogens is 226 g/mol. The largest absolute Gasteiger partial charge is 0.434 e. The number of ether oxygens (including phenoxy) is 1. The van der Waals surface area contributed by atoms with Crippen LogP contribution in [0.5, 0.6) is 5.75 Å². The van der Waals surface area contributed by atoms with E-state index in [-0.39, 0.29) is 23.5 Å². The molecule has 92 valence electrons. The lowest BCUT2D eigenvalue weighted by molar-refractivity contribution is -0.0501. The van der Waals surface area contributed by atoms with Crippen molar-refractivity contribution in [1.29, 1.82) is 0 Å². The van der Waals surface area contributed by atoms with Gasteiger partial charge in [0.25, 0.3) is 0 Å². The van der Waals surface area contributed by atoms with Crippen molar-refractivity contribution < 1.29 is 18.3 Å². The third-order valence-electron chi connectivity index (χ3n) is 2.18. The van der Waals surface area contributed by atoms with Crippen molar-refractivity contribution in [2.45, 2.75) is 26.4 Å². The summed E-state index contributed by atoms with van der Waals surface area (Å²) in [5, 5.41) is 0. The summed E-state index contributed by atoms with van der Waals surface area (Å²) < 4.78 is 28.6. The molecule has 0 atom stereocenters. The van der Waals surface area contributed by atoms with Gasteiger partial charge in [-0.2, -0.15) is 8.78 Å². The van der Waals surface area contributed by atoms with Gasteiger partial charge < -0.3 is 4.74 Å². The van der Waals surface area contributed by atoms with Crippen LogP contribution in [-0.4, -0.2) is 12.4 Å². The number of carbonyl (C=O) groups is 1. The fourth-order valence-corrected chi connectivity index (χ4v) is 1.36. The maximum atomic E-state index is 12.1. The standard InChI is InChI=1S/C13H14F2O2/c1-9(2)7-8-11(16)10-5-3-4-6-12(10)17-13(14)15/h3-6,13H,1,7-8H2,2H3. The van der Waals surface area contributed by atoms with E-state index in [2.05, 4.69) is 11.3 Å². The molecule has 0 fully saturated rings. The Morgan fingerprint density at radius 2 is 2.00 bits per heavy atom. The molecule has 0 spiro atoms. The average Bonchev–Trinajstić information content (AvgIpc) is 2.25. The molecule has 0 N–H and O–H groups in total. The second kappa shape index (κ2) is 6.13. The van der Waals surface area contributed by atoms with E-state index in [1.807, 2.05) is 6.92 Å². The number of rotatable bonds is 6. The Balaban J connectivity index is 2.81. The SMILES string of the molecule is C=C(C)CCC(=O)c1ccccc1OC(F)F. The first-order chi connectivity index (χ1) is 8.00. The number of allylic oxidation sites excluding steroid dienone is 1. The summed E-state index contributed by atoms with van der Waals surface area (Å²) in [6.07, 6.45) is 0.792. The fourth-order valence-electron chi connectivity index (χ4n) is 1.36. The topological polar surface area (TPSA) is 26.3 Å². The Hall–Kier alpha value is -1.71. The Labute approximate surface area is 98.9 Å². The first-order valence-corrected chi connectivity index (χ1v) is 5.22. The minimum atomic E-state index is -2.93. The van der Waals surface area contributed by atoms with Crippen molar-refractivity contribution in [2.75, 3.05) is 0 Å². The van der Waals surface area contributed by atoms with Crippen LogP contribution in [0.3, 0.4) is 0 Å². The highest BCUT2D eigenvalue weighted by atomic mass is 19.3. The normalized spacial score (nSPS) is 10.4. The molecule has 0 saturated heterocycles. The summed E-state index contributed by atoms with van der Waals surface area (Å²) in [7, 11) is 0. The first-order valence-electron chi connectivity index (χ1n) is 5.22. The lowest BCUT2D eigenvalue weighted by atomic mass is 10.0. The number of para-hydroxylation sites is 1. The zero-order valence-corrected chi connectivity index (χ0v) is 9.58. The predicted octanol–water partition coefficient (Wildman–Crippen LogP) is 3.83. The smallest absolute Gasteiger partial charge is 0.387 e. The minimum absolute atomic E-state index is 0.0748. The van der Waals surface area contributed by atoms with E-state index in [9.17, 15) is 13.6 Å². The van der Waals surface area contributed by atoms with Gasteiger partial charge in [0.15, 0.2) is 5.78 Å². The molecule has 0 aromatic heterocycles. The second-order valence-corrected chi connectivity index (χ2v) is 3.75. The van der Waals surface area contributed by atoms with Crippen LogP contribution >= 0.6 is 0 Å². The highest BCUT2D eigenvalue weighted by molar-refractivity contribution is 5.98. The molecule has 0 bridgehead atoms. The Morgan fingerprint density at radius 3 is 2.59 bits per heavy atom. The molecule has 17 heavy (non-hydrogen) atoms. The molecule has 0 aliphatic carbocycles. The van der Waals surface area contributed by atoms with Gasteiger partial charge in [0.1, 0.15) is 5.75 Å². The van der Waals surface area contributed by atoms with Crippen LogP contribution < -0.4 is 4.74 Å². The maximum Gasteiger partial charge on any atom is 0.387 e. The zero-order chi connectivity index (χ0) is 12.8. The molecule has 1 rings (SSSR count). The van der Waals surface area contributed by atoms with Gasteiger partial charge in [0.05, 0.1) is 5.56 Å². The van der Waals surface area contributed by atoms with Crippen LogP contribution in [0.1, 0.15) is 30.1 Å². The number of carbonyl (C=O) groups excluding carboxylic acids is 1. The molecular formula is C13H14F2O2. The number of hydrogen-bond donors (Lipinski definition) is 0. The highest BCUT2D eigenvalue weighted by Gasteiger charge is 2.14. The first kappa shape index (κ1) is 13.4. The number of halogens is 2. The molecule has 1 aromatic carbocycles. The van der Waals surface area contributed by atoms with Crippen LogP contribution in [0.25, 0.3) is 0 Å². The van der Waals surface area contributed by atoms with Crippen molar-refractivity contribution in [2.24, 2.45) is 0 Å². The monoisotopic (exact) mass is 240 g/mol. The van der Waals surface area contributed by atoms with E-state index in [0.717, 1.165) is 5.57 Å². The van der Waals surface area contributed by atoms with Crippen molar-refractivity contribution in [3.8, 4) is 5.75 Å².